The van der Waals surface area contributed by atoms with E-state index in [1.54, 1.807) is 0 Å². The molecule has 0 aliphatic heterocycles. The summed E-state index contributed by atoms with van der Waals surface area (Å²) in [5.41, 5.74) is 2.30. The van der Waals surface area contributed by atoms with Crippen molar-refractivity contribution < 1.29 is 0 Å². The van der Waals surface area contributed by atoms with Crippen LogP contribution in [0.4, 0.5) is 0 Å². The van der Waals surface area contributed by atoms with Crippen LogP contribution < -0.4 is 31.4 Å². The normalized spacial score (nSPS) is 13.2. The van der Waals surface area contributed by atoms with Gasteiger partial charge in [-0.25, -0.2) is 0 Å². The van der Waals surface area contributed by atoms with E-state index < -0.39 is 12.4 Å². The minimum atomic E-state index is -2.51. The van der Waals surface area contributed by atoms with Gasteiger partial charge in [-0.15, -0.1) is 0 Å². The quantitative estimate of drug-likeness (QED) is 0.141. The van der Waals surface area contributed by atoms with Gasteiger partial charge in [0.05, 0.1) is 24.5 Å². The summed E-state index contributed by atoms with van der Waals surface area (Å²) < 4.78 is 0. The standard InChI is InChI=1S/C38H34N2P2S2/c43-41(33-23-11-3-12-24-33,34-25-13-4-14-26-34)39-37(31-19-7-1-8-20-31)38(32-21-9-2-10-22-32)40-42(44,35-27-15-5-16-28-35)36-29-17-6-18-30-36/h1-30,37-38H,(H,39,43)(H,40,44)/t37-,38-/m0/s1. The zero-order chi connectivity index (χ0) is 30.2. The van der Waals surface area contributed by atoms with Crippen LogP contribution in [0, 0.1) is 0 Å². The molecule has 0 aromatic heterocycles. The van der Waals surface area contributed by atoms with Crippen LogP contribution in [0.2, 0.25) is 0 Å². The van der Waals surface area contributed by atoms with Gasteiger partial charge in [-0.05, 0) is 11.1 Å². The van der Waals surface area contributed by atoms with Crippen LogP contribution in [0.3, 0.4) is 0 Å². The van der Waals surface area contributed by atoms with Crippen molar-refractivity contribution in [2.45, 2.75) is 12.1 Å². The van der Waals surface area contributed by atoms with E-state index >= 15 is 0 Å². The van der Waals surface area contributed by atoms with E-state index in [2.05, 4.69) is 168 Å². The minimum Gasteiger partial charge on any atom is -0.273 e. The number of hydrogen-bond acceptors (Lipinski definition) is 2. The second-order valence-corrected chi connectivity index (χ2v) is 18.9. The highest BCUT2D eigenvalue weighted by Gasteiger charge is 2.36. The van der Waals surface area contributed by atoms with Crippen molar-refractivity contribution in [2.24, 2.45) is 0 Å². The van der Waals surface area contributed by atoms with E-state index in [0.717, 1.165) is 32.3 Å². The van der Waals surface area contributed by atoms with E-state index in [4.69, 9.17) is 23.6 Å². The minimum absolute atomic E-state index is 0.195. The monoisotopic (exact) mass is 644 g/mol. The molecular formula is C38H34N2P2S2. The predicted octanol–water partition coefficient (Wildman–Crippen LogP) is 7.74. The molecule has 0 aliphatic rings. The number of benzene rings is 6. The van der Waals surface area contributed by atoms with E-state index in [-0.39, 0.29) is 12.1 Å². The first-order valence-electron chi connectivity index (χ1n) is 14.7. The van der Waals surface area contributed by atoms with Gasteiger partial charge in [0.25, 0.3) is 0 Å². The molecule has 0 heterocycles. The molecule has 0 radical (unpaired) electrons. The Hall–Kier alpha value is -3.46. The summed E-state index contributed by atoms with van der Waals surface area (Å²) in [5, 5.41) is 12.8. The molecule has 2 N–H and O–H groups in total. The summed E-state index contributed by atoms with van der Waals surface area (Å²) in [6, 6.07) is 63.0. The van der Waals surface area contributed by atoms with Gasteiger partial charge in [-0.2, -0.15) is 0 Å². The molecule has 0 amide bonds. The third kappa shape index (κ3) is 6.63. The Kier molecular flexibility index (Phi) is 9.79. The topological polar surface area (TPSA) is 24.1 Å². The number of nitrogens with one attached hydrogen (secondary N) is 2. The molecule has 6 rings (SSSR count). The van der Waals surface area contributed by atoms with Crippen molar-refractivity contribution in [3.8, 4) is 0 Å². The summed E-state index contributed by atoms with van der Waals surface area (Å²) in [7, 11) is 0. The van der Waals surface area contributed by atoms with Crippen molar-refractivity contribution in [1.82, 2.24) is 10.2 Å². The van der Waals surface area contributed by atoms with Gasteiger partial charge in [0.15, 0.2) is 0 Å². The highest BCUT2D eigenvalue weighted by molar-refractivity contribution is 8.21. The van der Waals surface area contributed by atoms with Crippen molar-refractivity contribution in [1.29, 1.82) is 0 Å². The van der Waals surface area contributed by atoms with Gasteiger partial charge in [-0.3, -0.25) is 10.2 Å². The van der Waals surface area contributed by atoms with Crippen LogP contribution in [0.5, 0.6) is 0 Å². The average Bonchev–Trinajstić information content (AvgIpc) is 3.12. The largest absolute Gasteiger partial charge is 0.273 e. The van der Waals surface area contributed by atoms with Crippen LogP contribution in [-0.2, 0) is 23.6 Å². The molecule has 44 heavy (non-hydrogen) atoms. The Labute approximate surface area is 271 Å². The highest BCUT2D eigenvalue weighted by Crippen LogP contribution is 2.49. The molecule has 2 atom stereocenters. The summed E-state index contributed by atoms with van der Waals surface area (Å²) >= 11 is 13.5. The predicted molar refractivity (Wildman–Crippen MR) is 198 cm³/mol. The fourth-order valence-electron chi connectivity index (χ4n) is 5.54. The van der Waals surface area contributed by atoms with Crippen molar-refractivity contribution >= 4 is 57.2 Å². The average molecular weight is 645 g/mol. The Morgan fingerprint density at radius 2 is 0.523 bits per heavy atom. The molecule has 0 saturated carbocycles. The van der Waals surface area contributed by atoms with Gasteiger partial charge in [0.2, 0.25) is 0 Å². The second kappa shape index (κ2) is 14.1. The molecule has 0 spiro atoms. The first kappa shape index (κ1) is 30.6. The van der Waals surface area contributed by atoms with Crippen LogP contribution in [-0.4, -0.2) is 0 Å². The molecule has 0 saturated heterocycles. The lowest BCUT2D eigenvalue weighted by Gasteiger charge is -2.39. The van der Waals surface area contributed by atoms with Gasteiger partial charge < -0.3 is 0 Å². The van der Waals surface area contributed by atoms with E-state index in [1.807, 2.05) is 24.3 Å². The first-order valence-corrected chi connectivity index (χ1v) is 20.3. The highest BCUT2D eigenvalue weighted by atomic mass is 32.4. The van der Waals surface area contributed by atoms with Gasteiger partial charge >= 0.3 is 0 Å². The molecule has 6 heteroatoms. The van der Waals surface area contributed by atoms with Crippen LogP contribution in [0.25, 0.3) is 0 Å². The molecule has 6 aromatic carbocycles. The third-order valence-electron chi connectivity index (χ3n) is 7.77. The van der Waals surface area contributed by atoms with E-state index in [9.17, 15) is 0 Å². The van der Waals surface area contributed by atoms with Crippen LogP contribution in [0.1, 0.15) is 23.2 Å². The maximum Gasteiger partial charge on any atom is 0.0689 e. The number of hydrogen-bond donors (Lipinski definition) is 2. The zero-order valence-corrected chi connectivity index (χ0v) is 27.6. The van der Waals surface area contributed by atoms with Crippen molar-refractivity contribution in [3.63, 3.8) is 0 Å². The smallest absolute Gasteiger partial charge is 0.0689 e. The Morgan fingerprint density at radius 1 is 0.318 bits per heavy atom. The molecule has 2 nitrogen and oxygen atoms in total. The lowest BCUT2D eigenvalue weighted by molar-refractivity contribution is 0.509. The zero-order valence-electron chi connectivity index (χ0n) is 24.2. The molecule has 218 valence electrons. The lowest BCUT2D eigenvalue weighted by Crippen LogP contribution is -2.40. The maximum atomic E-state index is 6.76. The lowest BCUT2D eigenvalue weighted by atomic mass is 9.95. The molecule has 0 unspecified atom stereocenters. The van der Waals surface area contributed by atoms with E-state index in [0.29, 0.717) is 0 Å². The van der Waals surface area contributed by atoms with Crippen LogP contribution in [0.15, 0.2) is 182 Å². The molecule has 0 aliphatic carbocycles. The molecule has 0 bridgehead atoms. The Bertz CT molecular complexity index is 1630. The Balaban J connectivity index is 1.56. The summed E-state index contributed by atoms with van der Waals surface area (Å²) in [6.07, 6.45) is -5.02. The number of rotatable bonds is 11. The summed E-state index contributed by atoms with van der Waals surface area (Å²) in [4.78, 5) is 0. The first-order chi connectivity index (χ1) is 21.6. The third-order valence-corrected chi connectivity index (χ3v) is 16.3. The Morgan fingerprint density at radius 3 is 0.750 bits per heavy atom. The van der Waals surface area contributed by atoms with Gasteiger partial charge in [0.1, 0.15) is 0 Å². The molecular weight excluding hydrogens is 611 g/mol. The fourth-order valence-corrected chi connectivity index (χ4v) is 12.6. The summed E-state index contributed by atoms with van der Waals surface area (Å²) in [5.74, 6) is 0. The van der Waals surface area contributed by atoms with E-state index in [1.165, 1.54) is 0 Å². The van der Waals surface area contributed by atoms with Gasteiger partial charge in [0, 0.05) is 21.2 Å². The fraction of sp³-hybridized carbons (Fsp3) is 0.0526. The van der Waals surface area contributed by atoms with Gasteiger partial charge in [-0.1, -0.05) is 206 Å². The molecule has 6 aromatic rings. The maximum absolute atomic E-state index is 6.76. The molecule has 0 fully saturated rings. The SMILES string of the molecule is S=P(N[C@@H](c1ccccc1)[C@@H](NP(=S)(c1ccccc1)c1ccccc1)c1ccccc1)(c1ccccc1)c1ccccc1. The van der Waals surface area contributed by atoms with Crippen molar-refractivity contribution in [2.75, 3.05) is 0 Å². The van der Waals surface area contributed by atoms with Crippen molar-refractivity contribution in [3.05, 3.63) is 193 Å². The second-order valence-electron chi connectivity index (χ2n) is 10.6. The van der Waals surface area contributed by atoms with Crippen LogP contribution >= 0.6 is 12.4 Å². The summed E-state index contributed by atoms with van der Waals surface area (Å²) in [6.45, 7) is 0.